The zero-order valence-corrected chi connectivity index (χ0v) is 17.9. The second-order valence-corrected chi connectivity index (χ2v) is 8.31. The summed E-state index contributed by atoms with van der Waals surface area (Å²) in [7, 11) is 0. The Bertz CT molecular complexity index is 882. The molecule has 2 aromatic rings. The fraction of sp³-hybridized carbons (Fsp3) is 0.450. The van der Waals surface area contributed by atoms with Gasteiger partial charge >= 0.3 is 0 Å². The molecule has 156 valence electrons. The van der Waals surface area contributed by atoms with Crippen LogP contribution < -0.4 is 15.8 Å². The molecule has 1 fully saturated rings. The topological polar surface area (TPSA) is 87.3 Å². The highest BCUT2D eigenvalue weighted by Crippen LogP contribution is 2.19. The summed E-state index contributed by atoms with van der Waals surface area (Å²) in [5.41, 5.74) is 1.05. The zero-order valence-electron chi connectivity index (χ0n) is 16.4. The monoisotopic (exact) mass is 436 g/mol. The number of nitrogens with one attached hydrogen (secondary N) is 2. The predicted molar refractivity (Wildman–Crippen MR) is 116 cm³/mol. The standard InChI is InChI=1S/C20H25ClN4O3S/c1-14-17(19(27)24-20(23-14)25-9-11-28-12-10-25)6-7-18(26)22-8-13-29-16-4-2-15(21)3-5-16/h2-5H,6-13H2,1H3,(H,22,26)(H,23,24,27). The number of aryl methyl sites for hydroxylation is 1. The largest absolute Gasteiger partial charge is 0.378 e. The van der Waals surface area contributed by atoms with Crippen LogP contribution in [0.4, 0.5) is 5.95 Å². The van der Waals surface area contributed by atoms with E-state index in [1.165, 1.54) is 0 Å². The normalized spacial score (nSPS) is 14.1. The van der Waals surface area contributed by atoms with Crippen LogP contribution in [-0.2, 0) is 16.0 Å². The van der Waals surface area contributed by atoms with Gasteiger partial charge in [-0.05, 0) is 37.6 Å². The van der Waals surface area contributed by atoms with Crippen molar-refractivity contribution in [2.24, 2.45) is 0 Å². The molecule has 1 aromatic carbocycles. The maximum absolute atomic E-state index is 12.5. The Morgan fingerprint density at radius 1 is 1.31 bits per heavy atom. The number of H-pyrrole nitrogens is 1. The lowest BCUT2D eigenvalue weighted by Gasteiger charge is -2.27. The van der Waals surface area contributed by atoms with Crippen molar-refractivity contribution in [3.63, 3.8) is 0 Å². The van der Waals surface area contributed by atoms with Crippen molar-refractivity contribution in [2.45, 2.75) is 24.7 Å². The first-order valence-electron chi connectivity index (χ1n) is 9.60. The second-order valence-electron chi connectivity index (χ2n) is 6.71. The molecule has 1 aliphatic heterocycles. The third-order valence-corrected chi connectivity index (χ3v) is 5.89. The summed E-state index contributed by atoms with van der Waals surface area (Å²) < 4.78 is 5.33. The van der Waals surface area contributed by atoms with Gasteiger partial charge in [-0.15, -0.1) is 11.8 Å². The van der Waals surface area contributed by atoms with Crippen molar-refractivity contribution in [1.82, 2.24) is 15.3 Å². The summed E-state index contributed by atoms with van der Waals surface area (Å²) in [4.78, 5) is 35.1. The molecule has 1 aromatic heterocycles. The zero-order chi connectivity index (χ0) is 20.6. The maximum atomic E-state index is 12.5. The molecule has 0 spiro atoms. The van der Waals surface area contributed by atoms with Gasteiger partial charge in [0.1, 0.15) is 0 Å². The van der Waals surface area contributed by atoms with E-state index in [2.05, 4.69) is 15.3 Å². The molecule has 2 heterocycles. The average Bonchev–Trinajstić information content (AvgIpc) is 2.72. The number of hydrogen-bond acceptors (Lipinski definition) is 6. The molecular formula is C20H25ClN4O3S. The van der Waals surface area contributed by atoms with E-state index in [9.17, 15) is 9.59 Å². The highest BCUT2D eigenvalue weighted by Gasteiger charge is 2.16. The molecule has 0 atom stereocenters. The van der Waals surface area contributed by atoms with Crippen molar-refractivity contribution in [3.05, 3.63) is 50.9 Å². The quantitative estimate of drug-likeness (QED) is 0.488. The van der Waals surface area contributed by atoms with E-state index in [1.807, 2.05) is 36.1 Å². The molecule has 0 aliphatic carbocycles. The molecule has 9 heteroatoms. The van der Waals surface area contributed by atoms with Crippen molar-refractivity contribution >= 4 is 35.2 Å². The van der Waals surface area contributed by atoms with Crippen LogP contribution in [0.2, 0.25) is 5.02 Å². The summed E-state index contributed by atoms with van der Waals surface area (Å²) in [6.07, 6.45) is 0.627. The van der Waals surface area contributed by atoms with E-state index >= 15 is 0 Å². The van der Waals surface area contributed by atoms with Crippen LogP contribution in [-0.4, -0.2) is 54.5 Å². The van der Waals surface area contributed by atoms with E-state index < -0.39 is 0 Å². The lowest BCUT2D eigenvalue weighted by atomic mass is 10.1. The van der Waals surface area contributed by atoms with Gasteiger partial charge in [0.15, 0.2) is 0 Å². The summed E-state index contributed by atoms with van der Waals surface area (Å²) >= 11 is 7.52. The SMILES string of the molecule is Cc1nc(N2CCOCC2)[nH]c(=O)c1CCC(=O)NCCSc1ccc(Cl)cc1. The molecule has 1 saturated heterocycles. The van der Waals surface area contributed by atoms with Gasteiger partial charge in [0.25, 0.3) is 5.56 Å². The lowest BCUT2D eigenvalue weighted by molar-refractivity contribution is -0.120. The number of aromatic nitrogens is 2. The van der Waals surface area contributed by atoms with Crippen LogP contribution in [0.3, 0.4) is 0 Å². The summed E-state index contributed by atoms with van der Waals surface area (Å²) in [5, 5.41) is 3.60. The Labute approximate surface area is 179 Å². The average molecular weight is 437 g/mol. The van der Waals surface area contributed by atoms with Gasteiger partial charge in [0, 0.05) is 53.0 Å². The predicted octanol–water partition coefficient (Wildman–Crippen LogP) is 2.41. The number of thioether (sulfide) groups is 1. The van der Waals surface area contributed by atoms with Crippen molar-refractivity contribution in [2.75, 3.05) is 43.5 Å². The lowest BCUT2D eigenvalue weighted by Crippen LogP contribution is -2.38. The number of halogens is 1. The number of morpholine rings is 1. The molecule has 29 heavy (non-hydrogen) atoms. The van der Waals surface area contributed by atoms with Gasteiger partial charge in [0.05, 0.1) is 13.2 Å². The molecule has 3 rings (SSSR count). The van der Waals surface area contributed by atoms with E-state index in [0.717, 1.165) is 10.6 Å². The number of ether oxygens (including phenoxy) is 1. The Kier molecular flexibility index (Phi) is 7.97. The third-order valence-electron chi connectivity index (χ3n) is 4.63. The van der Waals surface area contributed by atoms with E-state index in [0.29, 0.717) is 61.5 Å². The summed E-state index contributed by atoms with van der Waals surface area (Å²) in [5.74, 6) is 1.27. The Hall–Kier alpha value is -2.03. The van der Waals surface area contributed by atoms with E-state index in [-0.39, 0.29) is 17.9 Å². The highest BCUT2D eigenvalue weighted by molar-refractivity contribution is 7.99. The van der Waals surface area contributed by atoms with Crippen LogP contribution in [0.25, 0.3) is 0 Å². The van der Waals surface area contributed by atoms with E-state index in [4.69, 9.17) is 16.3 Å². The number of nitrogens with zero attached hydrogens (tertiary/aromatic N) is 2. The highest BCUT2D eigenvalue weighted by atomic mass is 35.5. The minimum absolute atomic E-state index is 0.0715. The molecule has 1 amide bonds. The van der Waals surface area contributed by atoms with E-state index in [1.54, 1.807) is 11.8 Å². The second kappa shape index (κ2) is 10.7. The fourth-order valence-corrected chi connectivity index (χ4v) is 3.93. The first kappa shape index (κ1) is 21.7. The molecule has 0 bridgehead atoms. The number of rotatable bonds is 8. The Morgan fingerprint density at radius 3 is 2.72 bits per heavy atom. The molecule has 0 radical (unpaired) electrons. The number of hydrogen-bond donors (Lipinski definition) is 2. The van der Waals surface area contributed by atoms with Gasteiger partial charge in [0.2, 0.25) is 11.9 Å². The minimum Gasteiger partial charge on any atom is -0.378 e. The van der Waals surface area contributed by atoms with Crippen molar-refractivity contribution < 1.29 is 9.53 Å². The first-order chi connectivity index (χ1) is 14.0. The number of anilines is 1. The van der Waals surface area contributed by atoms with Crippen LogP contribution in [0.1, 0.15) is 17.7 Å². The summed E-state index contributed by atoms with van der Waals surface area (Å²) in [6, 6.07) is 7.61. The maximum Gasteiger partial charge on any atom is 0.255 e. The minimum atomic E-state index is -0.176. The van der Waals surface area contributed by atoms with Gasteiger partial charge < -0.3 is 15.0 Å². The van der Waals surface area contributed by atoms with Crippen molar-refractivity contribution in [3.8, 4) is 0 Å². The van der Waals surface area contributed by atoms with Crippen LogP contribution in [0.15, 0.2) is 34.0 Å². The summed E-state index contributed by atoms with van der Waals surface area (Å²) in [6.45, 7) is 5.04. The fourth-order valence-electron chi connectivity index (χ4n) is 3.03. The number of carbonyl (C=O) groups is 1. The molecule has 0 unspecified atom stereocenters. The molecule has 0 saturated carbocycles. The van der Waals surface area contributed by atoms with Crippen LogP contribution in [0, 0.1) is 6.92 Å². The van der Waals surface area contributed by atoms with Gasteiger partial charge in [-0.3, -0.25) is 14.6 Å². The number of amides is 1. The van der Waals surface area contributed by atoms with Crippen molar-refractivity contribution in [1.29, 1.82) is 0 Å². The van der Waals surface area contributed by atoms with Crippen LogP contribution in [0.5, 0.6) is 0 Å². The number of aromatic amines is 1. The van der Waals surface area contributed by atoms with Crippen LogP contribution >= 0.6 is 23.4 Å². The van der Waals surface area contributed by atoms with Gasteiger partial charge in [-0.1, -0.05) is 11.6 Å². The molecule has 7 nitrogen and oxygen atoms in total. The smallest absolute Gasteiger partial charge is 0.255 e. The molecule has 1 aliphatic rings. The third kappa shape index (κ3) is 6.48. The first-order valence-corrected chi connectivity index (χ1v) is 11.0. The number of carbonyl (C=O) groups excluding carboxylic acids is 1. The number of benzene rings is 1. The Morgan fingerprint density at radius 2 is 2.03 bits per heavy atom. The Balaban J connectivity index is 1.44. The molecular weight excluding hydrogens is 412 g/mol. The van der Waals surface area contributed by atoms with Gasteiger partial charge in [-0.2, -0.15) is 0 Å². The van der Waals surface area contributed by atoms with Gasteiger partial charge in [-0.25, -0.2) is 4.98 Å². The molecule has 2 N–H and O–H groups in total.